The summed E-state index contributed by atoms with van der Waals surface area (Å²) in [5.41, 5.74) is 0.216. The summed E-state index contributed by atoms with van der Waals surface area (Å²) in [6, 6.07) is 0. The Labute approximate surface area is 99.7 Å². The lowest BCUT2D eigenvalue weighted by Gasteiger charge is -2.29. The summed E-state index contributed by atoms with van der Waals surface area (Å²) in [6.45, 7) is 10.1. The van der Waals surface area contributed by atoms with Crippen molar-refractivity contribution in [2.24, 2.45) is 5.41 Å². The summed E-state index contributed by atoms with van der Waals surface area (Å²) in [5, 5.41) is 9.34. The number of hydrogen-bond donors (Lipinski definition) is 1. The van der Waals surface area contributed by atoms with Gasteiger partial charge in [0.05, 0.1) is 5.41 Å². The van der Waals surface area contributed by atoms with Crippen LogP contribution in [0.3, 0.4) is 0 Å². The molecule has 0 rings (SSSR count). The third-order valence-corrected chi connectivity index (χ3v) is 3.63. The van der Waals surface area contributed by atoms with Crippen LogP contribution in [0, 0.1) is 5.41 Å². The molecule has 0 radical (unpaired) electrons. The van der Waals surface area contributed by atoms with Crippen molar-refractivity contribution < 1.29 is 9.90 Å². The zero-order valence-electron chi connectivity index (χ0n) is 11.0. The first kappa shape index (κ1) is 15.2. The van der Waals surface area contributed by atoms with Gasteiger partial charge in [-0.3, -0.25) is 4.79 Å². The highest BCUT2D eigenvalue weighted by Crippen LogP contribution is 2.37. The van der Waals surface area contributed by atoms with Crippen LogP contribution in [0.25, 0.3) is 0 Å². The Bertz CT molecular complexity index is 227. The van der Waals surface area contributed by atoms with Gasteiger partial charge in [0.2, 0.25) is 0 Å². The molecule has 2 heteroatoms. The van der Waals surface area contributed by atoms with Crippen LogP contribution in [0.2, 0.25) is 0 Å². The second kappa shape index (κ2) is 7.48. The Balaban J connectivity index is 4.34. The van der Waals surface area contributed by atoms with E-state index in [4.69, 9.17) is 0 Å². The molecular formula is C14H26O2. The number of carboxylic acid groups (broad SMARTS) is 1. The Kier molecular flexibility index (Phi) is 7.11. The monoisotopic (exact) mass is 226 g/mol. The fourth-order valence-corrected chi connectivity index (χ4v) is 2.21. The molecule has 2 nitrogen and oxygen atoms in total. The maximum atomic E-state index is 11.4. The molecular weight excluding hydrogens is 200 g/mol. The summed E-state index contributed by atoms with van der Waals surface area (Å²) >= 11 is 0. The summed E-state index contributed by atoms with van der Waals surface area (Å²) in [4.78, 5) is 11.4. The second-order valence-corrected chi connectivity index (χ2v) is 4.51. The number of hydrogen-bond acceptors (Lipinski definition) is 1. The van der Waals surface area contributed by atoms with E-state index in [2.05, 4.69) is 13.5 Å². The predicted molar refractivity (Wildman–Crippen MR) is 68.5 cm³/mol. The fourth-order valence-electron chi connectivity index (χ4n) is 2.21. The van der Waals surface area contributed by atoms with Gasteiger partial charge in [0.25, 0.3) is 0 Å². The van der Waals surface area contributed by atoms with Crippen molar-refractivity contribution in [3.05, 3.63) is 12.2 Å². The molecule has 0 atom stereocenters. The number of unbranched alkanes of at least 4 members (excludes halogenated alkanes) is 3. The Morgan fingerprint density at radius 3 is 2.06 bits per heavy atom. The topological polar surface area (TPSA) is 37.3 Å². The normalized spacial score (nSPS) is 11.4. The maximum Gasteiger partial charge on any atom is 0.313 e. The Morgan fingerprint density at radius 2 is 1.69 bits per heavy atom. The SMILES string of the molecule is C=C(CCCCCC)C(CC)(CC)C(=O)O. The highest BCUT2D eigenvalue weighted by Gasteiger charge is 2.36. The van der Waals surface area contributed by atoms with Crippen LogP contribution in [-0.2, 0) is 4.79 Å². The molecule has 0 aromatic carbocycles. The lowest BCUT2D eigenvalue weighted by molar-refractivity contribution is -0.147. The van der Waals surface area contributed by atoms with E-state index in [1.807, 2.05) is 13.8 Å². The van der Waals surface area contributed by atoms with E-state index in [1.165, 1.54) is 19.3 Å². The largest absolute Gasteiger partial charge is 0.481 e. The summed E-state index contributed by atoms with van der Waals surface area (Å²) in [5.74, 6) is -0.710. The molecule has 0 spiro atoms. The van der Waals surface area contributed by atoms with E-state index in [0.717, 1.165) is 18.4 Å². The Hall–Kier alpha value is -0.790. The number of aliphatic carboxylic acids is 1. The smallest absolute Gasteiger partial charge is 0.313 e. The highest BCUT2D eigenvalue weighted by molar-refractivity contribution is 5.78. The van der Waals surface area contributed by atoms with Crippen LogP contribution in [0.4, 0.5) is 0 Å². The van der Waals surface area contributed by atoms with E-state index in [-0.39, 0.29) is 0 Å². The fraction of sp³-hybridized carbons (Fsp3) is 0.786. The van der Waals surface area contributed by atoms with Crippen LogP contribution in [0.5, 0.6) is 0 Å². The first-order valence-corrected chi connectivity index (χ1v) is 6.46. The van der Waals surface area contributed by atoms with Gasteiger partial charge in [-0.15, -0.1) is 0 Å². The van der Waals surface area contributed by atoms with Crippen molar-refractivity contribution in [3.63, 3.8) is 0 Å². The van der Waals surface area contributed by atoms with Gasteiger partial charge in [0.15, 0.2) is 0 Å². The molecule has 0 amide bonds. The van der Waals surface area contributed by atoms with Gasteiger partial charge in [-0.25, -0.2) is 0 Å². The van der Waals surface area contributed by atoms with Crippen LogP contribution in [0.15, 0.2) is 12.2 Å². The highest BCUT2D eigenvalue weighted by atomic mass is 16.4. The molecule has 0 saturated carbocycles. The third-order valence-electron chi connectivity index (χ3n) is 3.63. The standard InChI is InChI=1S/C14H26O2/c1-5-8-9-10-11-12(4)14(6-2,7-3)13(15)16/h4-11H2,1-3H3,(H,15,16). The third kappa shape index (κ3) is 3.66. The zero-order valence-corrected chi connectivity index (χ0v) is 11.0. The van der Waals surface area contributed by atoms with Crippen molar-refractivity contribution in [3.8, 4) is 0 Å². The molecule has 0 aliphatic heterocycles. The molecule has 0 unspecified atom stereocenters. The molecule has 0 aliphatic rings. The van der Waals surface area contributed by atoms with E-state index in [1.54, 1.807) is 0 Å². The second-order valence-electron chi connectivity index (χ2n) is 4.51. The minimum absolute atomic E-state index is 0.644. The van der Waals surface area contributed by atoms with Gasteiger partial charge >= 0.3 is 5.97 Å². The quantitative estimate of drug-likeness (QED) is 0.467. The van der Waals surface area contributed by atoms with Gasteiger partial charge < -0.3 is 5.11 Å². The van der Waals surface area contributed by atoms with Gasteiger partial charge in [-0.2, -0.15) is 0 Å². The molecule has 0 bridgehead atoms. The van der Waals surface area contributed by atoms with Crippen molar-refractivity contribution >= 4 is 5.97 Å². The average Bonchev–Trinajstić information content (AvgIpc) is 2.26. The predicted octanol–water partition coefficient (Wildman–Crippen LogP) is 4.40. The van der Waals surface area contributed by atoms with Crippen molar-refractivity contribution in [2.45, 2.75) is 65.7 Å². The Morgan fingerprint density at radius 1 is 1.12 bits per heavy atom. The first-order chi connectivity index (χ1) is 7.55. The molecule has 0 fully saturated rings. The van der Waals surface area contributed by atoms with Gasteiger partial charge in [-0.1, -0.05) is 52.2 Å². The first-order valence-electron chi connectivity index (χ1n) is 6.46. The lowest BCUT2D eigenvalue weighted by atomic mass is 9.74. The molecule has 0 aliphatic carbocycles. The average molecular weight is 226 g/mol. The molecule has 0 heterocycles. The van der Waals surface area contributed by atoms with Crippen LogP contribution in [-0.4, -0.2) is 11.1 Å². The van der Waals surface area contributed by atoms with Crippen LogP contribution < -0.4 is 0 Å². The number of carboxylic acids is 1. The van der Waals surface area contributed by atoms with Crippen molar-refractivity contribution in [1.82, 2.24) is 0 Å². The van der Waals surface area contributed by atoms with E-state index in [0.29, 0.717) is 12.8 Å². The van der Waals surface area contributed by atoms with Crippen LogP contribution >= 0.6 is 0 Å². The van der Waals surface area contributed by atoms with Gasteiger partial charge in [-0.05, 0) is 25.7 Å². The van der Waals surface area contributed by atoms with E-state index < -0.39 is 11.4 Å². The summed E-state index contributed by atoms with van der Waals surface area (Å²) < 4.78 is 0. The minimum Gasteiger partial charge on any atom is -0.481 e. The van der Waals surface area contributed by atoms with E-state index >= 15 is 0 Å². The molecule has 0 saturated heterocycles. The molecule has 1 N–H and O–H groups in total. The van der Waals surface area contributed by atoms with Crippen molar-refractivity contribution in [1.29, 1.82) is 0 Å². The molecule has 0 aromatic heterocycles. The van der Waals surface area contributed by atoms with Gasteiger partial charge in [0.1, 0.15) is 0 Å². The number of carbonyl (C=O) groups is 1. The molecule has 0 aromatic rings. The lowest BCUT2D eigenvalue weighted by Crippen LogP contribution is -2.31. The van der Waals surface area contributed by atoms with Gasteiger partial charge in [0, 0.05) is 0 Å². The minimum atomic E-state index is -0.710. The summed E-state index contributed by atoms with van der Waals surface area (Å²) in [7, 11) is 0. The zero-order chi connectivity index (χ0) is 12.6. The summed E-state index contributed by atoms with van der Waals surface area (Å²) in [6.07, 6.45) is 6.83. The van der Waals surface area contributed by atoms with E-state index in [9.17, 15) is 9.90 Å². The number of rotatable bonds is 9. The molecule has 94 valence electrons. The maximum absolute atomic E-state index is 11.4. The van der Waals surface area contributed by atoms with Crippen molar-refractivity contribution in [2.75, 3.05) is 0 Å². The van der Waals surface area contributed by atoms with Crippen LogP contribution in [0.1, 0.15) is 65.7 Å². The molecule has 16 heavy (non-hydrogen) atoms.